The average Bonchev–Trinajstić information content (AvgIpc) is 1.43. The highest BCUT2D eigenvalue weighted by Gasteiger charge is 2.70. The van der Waals surface area contributed by atoms with Gasteiger partial charge in [0.25, 0.3) is 0 Å². The van der Waals surface area contributed by atoms with Gasteiger partial charge in [-0.05, 0) is 202 Å². The number of Topliss-reactive ketones (excluding diaryl/α,β-unsaturated/α-hetero) is 2. The highest BCUT2D eigenvalue weighted by Crippen LogP contribution is 2.67. The third-order valence-electron chi connectivity index (χ3n) is 21.6. The molecular formula is C72H96B3N11O15S7. The van der Waals surface area contributed by atoms with Crippen LogP contribution in [0.4, 0.5) is 15.1 Å². The van der Waals surface area contributed by atoms with Crippen molar-refractivity contribution in [1.29, 1.82) is 0 Å². The van der Waals surface area contributed by atoms with Gasteiger partial charge in [-0.1, -0.05) is 140 Å². The normalized spacial score (nSPS) is 24.0. The number of aromatic carboxylic acids is 1. The zero-order valence-corrected chi connectivity index (χ0v) is 69.9. The first-order valence-corrected chi connectivity index (χ1v) is 41.0. The number of guanidine groups is 1. The number of alkyl carbamates (subject to hydrolysis) is 1. The predicted octanol–water partition coefficient (Wildman–Crippen LogP) is 12.9. The Morgan fingerprint density at radius 1 is 0.713 bits per heavy atom. The van der Waals surface area contributed by atoms with Crippen LogP contribution in [0, 0.1) is 48.3 Å². The number of carbonyl (C=O) groups excluding carboxylic acids is 3. The van der Waals surface area contributed by atoms with Crippen LogP contribution in [0.1, 0.15) is 180 Å². The lowest BCUT2D eigenvalue weighted by Gasteiger charge is -2.64. The monoisotopic (exact) mass is 1610 g/mol. The average molecular weight is 1610 g/mol. The number of rotatable bonds is 21. The summed E-state index contributed by atoms with van der Waals surface area (Å²) in [7, 11) is 2.58. The minimum absolute atomic E-state index is 0.00265. The van der Waals surface area contributed by atoms with Crippen molar-refractivity contribution in [1.82, 2.24) is 35.9 Å². The number of benzene rings is 3. The molecule has 4 bridgehead atoms. The first-order valence-electron chi connectivity index (χ1n) is 35.5. The molecule has 36 heteroatoms. The van der Waals surface area contributed by atoms with E-state index in [0.29, 0.717) is 90.7 Å². The second-order valence-electron chi connectivity index (χ2n) is 30.7. The molecule has 0 radical (unpaired) electrons. The molecule has 3 aliphatic heterocycles. The van der Waals surface area contributed by atoms with Crippen molar-refractivity contribution >= 4 is 148 Å². The summed E-state index contributed by atoms with van der Waals surface area (Å²) in [5.41, 5.74) is 22.9. The molecule has 6 saturated carbocycles. The van der Waals surface area contributed by atoms with Gasteiger partial charge in [-0.2, -0.15) is 4.99 Å². The number of carboxylic acids is 1. The number of nitrogens with two attached hydrogens (primary N) is 3. The number of aliphatic imine (C=N–C) groups is 1. The van der Waals surface area contributed by atoms with Gasteiger partial charge in [0.15, 0.2) is 30.5 Å². The van der Waals surface area contributed by atoms with Crippen LogP contribution in [-0.2, 0) is 49.0 Å². The Balaban J connectivity index is 0.000000163. The van der Waals surface area contributed by atoms with E-state index >= 15 is 0 Å². The number of thiocarbonyl (C=S) groups is 1. The fraction of sp³-hybridized carbons (Fsp3) is 0.556. The lowest BCUT2D eigenvalue weighted by atomic mass is 9.43. The lowest BCUT2D eigenvalue weighted by molar-refractivity contribution is -0.199. The summed E-state index contributed by atoms with van der Waals surface area (Å²) in [4.78, 5) is 51.5. The molecule has 15 rings (SSSR count). The van der Waals surface area contributed by atoms with E-state index in [9.17, 15) is 29.3 Å². The van der Waals surface area contributed by atoms with E-state index in [1.807, 2.05) is 39.0 Å². The van der Waals surface area contributed by atoms with Crippen LogP contribution in [0.25, 0.3) is 0 Å². The maximum Gasteiger partial charge on any atom is 0.537 e. The molecular weight excluding hydrogens is 1520 g/mol. The topological polar surface area (TPSA) is 372 Å². The number of anilines is 1. The Morgan fingerprint density at radius 2 is 1.19 bits per heavy atom. The summed E-state index contributed by atoms with van der Waals surface area (Å²) in [6.45, 7) is 34.2. The number of methoxy groups -OCH3 is 3. The van der Waals surface area contributed by atoms with Crippen LogP contribution in [0.15, 0.2) is 66.6 Å². The fourth-order valence-corrected chi connectivity index (χ4v) is 22.6. The first kappa shape index (κ1) is 84.0. The first-order chi connectivity index (χ1) is 50.7. The Hall–Kier alpha value is -6.44. The number of hydrogen-bond donors (Lipinski definition) is 6. The predicted molar refractivity (Wildman–Crippen MR) is 430 cm³/mol. The molecule has 0 spiro atoms. The van der Waals surface area contributed by atoms with Crippen molar-refractivity contribution in [3.05, 3.63) is 98.1 Å². The zero-order chi connectivity index (χ0) is 79.0. The number of carboxylic acid groups (broad SMARTS) is 1. The third-order valence-corrected chi connectivity index (χ3v) is 28.1. The SMILES string of the molecule is C=C(C)Cc1nnc(S[C@@H](Cc2ccc(OC)c(C(C)=O)c2C)B2OC3CC4CC(C4(C)C)[C@]3(C)O2)s1.CC(=S)NC(=O)OC(C)(C)C.COc1ccc(C[C@H](Sc2nnc(N)s2)B2OC3CC4CC(C4(C)C)[C@]3(C)O2)c(C)c1C(C)=O.COc1ccc2c(c1C(=O)O)OB(O)[C@@H](Sc1nnc(N=C(N)N)s1)C2. The molecule has 2 saturated heterocycles. The van der Waals surface area contributed by atoms with Crippen LogP contribution in [-0.4, -0.2) is 162 Å². The molecule has 1 amide bonds. The van der Waals surface area contributed by atoms with Gasteiger partial charge >= 0.3 is 33.4 Å². The van der Waals surface area contributed by atoms with Crippen LogP contribution < -0.4 is 41.4 Å². The second kappa shape index (κ2) is 33.9. The number of thioether (sulfide) groups is 3. The molecule has 11 atom stereocenters. The maximum absolute atomic E-state index is 12.5. The van der Waals surface area contributed by atoms with Crippen LogP contribution in [0.2, 0.25) is 0 Å². The minimum Gasteiger partial charge on any atom is -0.534 e. The number of fused-ring (bicyclic) bond motifs is 1. The molecule has 3 aromatic heterocycles. The number of carbonyl (C=O) groups is 4. The van der Waals surface area contributed by atoms with E-state index in [1.165, 1.54) is 43.1 Å². The van der Waals surface area contributed by atoms with Crippen LogP contribution in [0.3, 0.4) is 0 Å². The van der Waals surface area contributed by atoms with E-state index in [0.717, 1.165) is 72.1 Å². The van der Waals surface area contributed by atoms with Crippen molar-refractivity contribution in [3.8, 4) is 23.0 Å². The summed E-state index contributed by atoms with van der Waals surface area (Å²) in [5.74, 6) is 2.54. The number of nitrogens with zero attached hydrogens (tertiary/aromatic N) is 7. The summed E-state index contributed by atoms with van der Waals surface area (Å²) >= 11 is 13.3. The maximum atomic E-state index is 12.5. The number of allylic oxidation sites excluding steroid dienone is 1. The Bertz CT molecular complexity index is 4400. The van der Waals surface area contributed by atoms with E-state index in [1.54, 1.807) is 103 Å². The van der Waals surface area contributed by atoms with E-state index in [4.69, 9.17) is 59.4 Å². The van der Waals surface area contributed by atoms with Gasteiger partial charge in [0.05, 0.1) is 76.3 Å². The molecule has 6 aliphatic carbocycles. The van der Waals surface area contributed by atoms with Crippen molar-refractivity contribution in [2.75, 3.05) is 27.1 Å². The molecule has 580 valence electrons. The zero-order valence-electron chi connectivity index (χ0n) is 64.2. The van der Waals surface area contributed by atoms with Crippen LogP contribution in [0.5, 0.6) is 23.0 Å². The summed E-state index contributed by atoms with van der Waals surface area (Å²) in [6, 6.07) is 11.1. The molecule has 3 aromatic carbocycles. The Labute approximate surface area is 662 Å². The number of aromatic nitrogens is 6. The van der Waals surface area contributed by atoms with Gasteiger partial charge in [0.2, 0.25) is 10.3 Å². The molecule has 26 nitrogen and oxygen atoms in total. The molecule has 6 aromatic rings. The quantitative estimate of drug-likeness (QED) is 0.00741. The highest BCUT2D eigenvalue weighted by atomic mass is 32.2. The number of nitrogens with one attached hydrogen (secondary N) is 1. The number of ether oxygens (including phenoxy) is 4. The van der Waals surface area contributed by atoms with Gasteiger partial charge in [-0.15, -0.1) is 30.6 Å². The van der Waals surface area contributed by atoms with E-state index < -0.39 is 29.9 Å². The van der Waals surface area contributed by atoms with Gasteiger partial charge in [0, 0.05) is 6.42 Å². The van der Waals surface area contributed by atoms with Crippen molar-refractivity contribution in [2.45, 2.75) is 213 Å². The summed E-state index contributed by atoms with van der Waals surface area (Å²) in [5, 5.41) is 48.2. The molecule has 108 heavy (non-hydrogen) atoms. The lowest BCUT2D eigenvalue weighted by Crippen LogP contribution is -2.65. The smallest absolute Gasteiger partial charge is 0.534 e. The standard InChI is InChI=1S/C28H37BN2O4S2.C24H32BN3O4S2.C13H14BN5O5S2.C7H13NO2S/c1-15(2)11-24-30-31-26(37-24)36-23(12-18-9-10-20(33-8)25(16(18)3)17(4)32)29-34-22-14-19-13-21(27(19,5)6)28(22,7)35-29;1-12-14(7-8-16(30-6)20(12)13(2)29)9-19(33-22-28-27-21(26)34-22)25-31-18-11-15-10-17(23(15,3)4)24(18,5)32-25;1-23-6-3-2-5-4-7(14(22)24-9(5)8(6)10(20)21)25-13-19-18-12(26-13)17-11(15)16;1-5(11)8-6(9)10-7(2,3)4/h9-10,19,21-23H,1,11-14H2,2-8H3;7-8,15,17-19H,9-11H2,1-6H3,(H2,26,27);2-3,7,22H,4H2,1H3,(H,20,21)(H4,15,16,17,18);1-4H3,(H,8,9,11)/t19?,21?,22?,23-,28-;15?,17?,18?,19-,24-;7-;/m000./s1. The summed E-state index contributed by atoms with van der Waals surface area (Å²) in [6.07, 6.45) is 6.67. The van der Waals surface area contributed by atoms with Crippen molar-refractivity contribution in [2.24, 2.45) is 51.0 Å². The fourth-order valence-electron chi connectivity index (χ4n) is 16.1. The molecule has 6 heterocycles. The van der Waals surface area contributed by atoms with E-state index in [2.05, 4.69) is 107 Å². The largest absolute Gasteiger partial charge is 0.537 e. The Morgan fingerprint density at radius 3 is 1.63 bits per heavy atom. The van der Waals surface area contributed by atoms with Gasteiger partial charge < -0.3 is 69.6 Å². The molecule has 9 aliphatic rings. The van der Waals surface area contributed by atoms with E-state index in [-0.39, 0.29) is 93.4 Å². The number of ketones is 2. The van der Waals surface area contributed by atoms with Gasteiger partial charge in [0.1, 0.15) is 39.2 Å². The molecule has 8 fully saturated rings. The summed E-state index contributed by atoms with van der Waals surface area (Å²) < 4.78 is 55.7. The molecule has 6 unspecified atom stereocenters. The van der Waals surface area contributed by atoms with Crippen LogP contribution >= 0.6 is 81.5 Å². The number of amides is 1. The number of hydrogen-bond acceptors (Lipinski definition) is 29. The number of nitrogen functional groups attached to an aromatic ring is 1. The highest BCUT2D eigenvalue weighted by molar-refractivity contribution is 8.03. The Kier molecular flexibility index (Phi) is 26.3. The van der Waals surface area contributed by atoms with Gasteiger partial charge in [-0.25, -0.2) is 9.59 Å². The molecule has 9 N–H and O–H groups in total. The van der Waals surface area contributed by atoms with Crippen molar-refractivity contribution in [3.63, 3.8) is 0 Å². The van der Waals surface area contributed by atoms with Crippen molar-refractivity contribution < 1.29 is 71.5 Å². The second-order valence-corrected chi connectivity index (χ2v) is 38.8. The van der Waals surface area contributed by atoms with Gasteiger partial charge in [-0.3, -0.25) is 14.9 Å². The third kappa shape index (κ3) is 18.5. The minimum atomic E-state index is -1.23.